The van der Waals surface area contributed by atoms with Crippen LogP contribution in [0.3, 0.4) is 0 Å². The molecule has 3 saturated carbocycles. The number of carbonyl (C=O) groups excluding carboxylic acids is 1. The van der Waals surface area contributed by atoms with Gasteiger partial charge in [0.15, 0.2) is 0 Å². The Morgan fingerprint density at radius 2 is 1.86 bits per heavy atom. The normalized spacial score (nSPS) is 27.1. The zero-order chi connectivity index (χ0) is 24.6. The van der Waals surface area contributed by atoms with Gasteiger partial charge in [0.25, 0.3) is 0 Å². The molecule has 1 N–H and O–H groups in total. The summed E-state index contributed by atoms with van der Waals surface area (Å²) in [6, 6.07) is 17.4. The minimum Gasteiger partial charge on any atom is -0.462 e. The molecule has 2 aromatic carbocycles. The summed E-state index contributed by atoms with van der Waals surface area (Å²) < 4.78 is 5.09. The third-order valence-electron chi connectivity index (χ3n) is 9.11. The maximum atomic E-state index is 11.9. The Kier molecular flexibility index (Phi) is 6.65. The lowest BCUT2D eigenvalue weighted by atomic mass is 9.45. The fraction of sp³-hybridized carbons (Fsp3) is 0.516. The largest absolute Gasteiger partial charge is 0.462 e. The van der Waals surface area contributed by atoms with Gasteiger partial charge in [0, 0.05) is 30.5 Å². The van der Waals surface area contributed by atoms with Crippen LogP contribution in [0.5, 0.6) is 0 Å². The third kappa shape index (κ3) is 4.85. The number of rotatable bonds is 6. The van der Waals surface area contributed by atoms with Gasteiger partial charge in [-0.25, -0.2) is 4.79 Å². The van der Waals surface area contributed by atoms with Crippen LogP contribution in [-0.2, 0) is 4.74 Å². The number of esters is 1. The van der Waals surface area contributed by atoms with Gasteiger partial charge in [-0.2, -0.15) is 0 Å². The molecule has 35 heavy (non-hydrogen) atoms. The van der Waals surface area contributed by atoms with E-state index in [1.807, 2.05) is 31.2 Å². The Balaban J connectivity index is 1.17. The standard InChI is InChI=1S/C31H40N2O2/c1-5-35-30(34)24-9-11-27(12-10-24)33-15-13-22(14-16-33)17-23-7-6-8-26(18-23)32-29-20-25-19-28(21(29)2)31(25,3)4/h6-12,17-18,21,25,28-29,32H,5,13-16,19-20H2,1-4H3/t21-,25+,28-,29-/m0/s1. The number of ether oxygens (including phenoxy) is 1. The molecule has 0 spiro atoms. The van der Waals surface area contributed by atoms with Crippen molar-refractivity contribution in [1.82, 2.24) is 0 Å². The van der Waals surface area contributed by atoms with Crippen molar-refractivity contribution < 1.29 is 9.53 Å². The van der Waals surface area contributed by atoms with E-state index in [0.717, 1.165) is 43.7 Å². The SMILES string of the molecule is CCOC(=O)c1ccc(N2CCC(=Cc3cccc(N[C@H]4C[C@H]5C[C@@H]([C@@H]4C)C5(C)C)c3)CC2)cc1. The molecule has 1 aliphatic heterocycles. The first-order valence-corrected chi connectivity index (χ1v) is 13.4. The van der Waals surface area contributed by atoms with Crippen LogP contribution in [0, 0.1) is 23.2 Å². The van der Waals surface area contributed by atoms with Crippen LogP contribution in [0.25, 0.3) is 6.08 Å². The lowest BCUT2D eigenvalue weighted by Crippen LogP contribution is -2.58. The lowest BCUT2D eigenvalue weighted by molar-refractivity contribution is -0.105. The van der Waals surface area contributed by atoms with Gasteiger partial charge in [-0.15, -0.1) is 0 Å². The van der Waals surface area contributed by atoms with E-state index >= 15 is 0 Å². The quantitative estimate of drug-likeness (QED) is 0.458. The fourth-order valence-electron chi connectivity index (χ4n) is 6.73. The van der Waals surface area contributed by atoms with Gasteiger partial charge >= 0.3 is 5.97 Å². The minimum atomic E-state index is -0.252. The summed E-state index contributed by atoms with van der Waals surface area (Å²) in [6.07, 6.45) is 7.24. The zero-order valence-corrected chi connectivity index (χ0v) is 21.7. The number of nitrogens with zero attached hydrogens (tertiary/aromatic N) is 1. The number of nitrogens with one attached hydrogen (secondary N) is 1. The number of fused-ring (bicyclic) bond motifs is 2. The number of anilines is 2. The second-order valence-corrected chi connectivity index (χ2v) is 11.4. The van der Waals surface area contributed by atoms with E-state index in [0.29, 0.717) is 23.6 Å². The van der Waals surface area contributed by atoms with Crippen LogP contribution in [0.15, 0.2) is 54.1 Å². The van der Waals surface area contributed by atoms with E-state index in [9.17, 15) is 4.79 Å². The summed E-state index contributed by atoms with van der Waals surface area (Å²) in [4.78, 5) is 14.3. The number of benzene rings is 2. The molecule has 4 aliphatic rings. The molecule has 1 saturated heterocycles. The monoisotopic (exact) mass is 472 g/mol. The summed E-state index contributed by atoms with van der Waals surface area (Å²) >= 11 is 0. The van der Waals surface area contributed by atoms with Crippen molar-refractivity contribution in [3.05, 3.63) is 65.2 Å². The molecule has 4 fully saturated rings. The van der Waals surface area contributed by atoms with E-state index in [4.69, 9.17) is 4.74 Å². The second-order valence-electron chi connectivity index (χ2n) is 11.4. The van der Waals surface area contributed by atoms with Crippen molar-refractivity contribution in [2.45, 2.75) is 59.4 Å². The van der Waals surface area contributed by atoms with Crippen LogP contribution in [-0.4, -0.2) is 31.7 Å². The molecule has 1 heterocycles. The molecule has 0 amide bonds. The number of hydrogen-bond donors (Lipinski definition) is 1. The third-order valence-corrected chi connectivity index (χ3v) is 9.11. The smallest absolute Gasteiger partial charge is 0.338 e. The van der Waals surface area contributed by atoms with Crippen molar-refractivity contribution >= 4 is 23.4 Å². The van der Waals surface area contributed by atoms with Crippen LogP contribution in [0.4, 0.5) is 11.4 Å². The summed E-state index contributed by atoms with van der Waals surface area (Å²) in [5.74, 6) is 2.21. The first kappa shape index (κ1) is 24.0. The highest BCUT2D eigenvalue weighted by Crippen LogP contribution is 2.61. The summed E-state index contributed by atoms with van der Waals surface area (Å²) in [6.45, 7) is 11.6. The summed E-state index contributed by atoms with van der Waals surface area (Å²) in [7, 11) is 0. The number of piperidine rings is 1. The average Bonchev–Trinajstić information content (AvgIpc) is 2.86. The van der Waals surface area contributed by atoms with Crippen LogP contribution in [0.1, 0.15) is 69.3 Å². The van der Waals surface area contributed by atoms with Crippen LogP contribution in [0.2, 0.25) is 0 Å². The van der Waals surface area contributed by atoms with E-state index in [-0.39, 0.29) is 5.97 Å². The highest BCUT2D eigenvalue weighted by molar-refractivity contribution is 5.89. The maximum absolute atomic E-state index is 11.9. The van der Waals surface area contributed by atoms with E-state index < -0.39 is 0 Å². The molecular formula is C31H40N2O2. The Labute approximate surface area is 210 Å². The molecule has 0 unspecified atom stereocenters. The molecule has 4 nitrogen and oxygen atoms in total. The van der Waals surface area contributed by atoms with Gasteiger partial charge in [0.1, 0.15) is 0 Å². The topological polar surface area (TPSA) is 41.6 Å². The molecule has 4 atom stereocenters. The number of carbonyl (C=O) groups is 1. The first-order valence-electron chi connectivity index (χ1n) is 13.4. The Hall–Kier alpha value is -2.75. The van der Waals surface area contributed by atoms with Crippen molar-refractivity contribution in [2.75, 3.05) is 29.9 Å². The molecule has 6 rings (SSSR count). The van der Waals surface area contributed by atoms with E-state index in [2.05, 4.69) is 61.3 Å². The van der Waals surface area contributed by atoms with Gasteiger partial charge in [-0.3, -0.25) is 0 Å². The maximum Gasteiger partial charge on any atom is 0.338 e. The Morgan fingerprint density at radius 1 is 1.11 bits per heavy atom. The first-order chi connectivity index (χ1) is 16.8. The molecule has 0 aromatic heterocycles. The van der Waals surface area contributed by atoms with Gasteiger partial charge < -0.3 is 15.0 Å². The summed E-state index contributed by atoms with van der Waals surface area (Å²) in [5.41, 5.74) is 6.38. The van der Waals surface area contributed by atoms with E-state index in [1.165, 1.54) is 35.4 Å². The molecular weight excluding hydrogens is 432 g/mol. The Bertz CT molecular complexity index is 1080. The highest BCUT2D eigenvalue weighted by Gasteiger charge is 2.56. The molecule has 2 bridgehead atoms. The second kappa shape index (κ2) is 9.72. The predicted octanol–water partition coefficient (Wildman–Crippen LogP) is 7.03. The Morgan fingerprint density at radius 3 is 2.51 bits per heavy atom. The molecule has 3 aliphatic carbocycles. The molecule has 186 valence electrons. The molecule has 2 aromatic rings. The van der Waals surface area contributed by atoms with Crippen LogP contribution >= 0.6 is 0 Å². The van der Waals surface area contributed by atoms with Gasteiger partial charge in [0.05, 0.1) is 12.2 Å². The highest BCUT2D eigenvalue weighted by atomic mass is 16.5. The van der Waals surface area contributed by atoms with Gasteiger partial charge in [0.2, 0.25) is 0 Å². The predicted molar refractivity (Wildman–Crippen MR) is 145 cm³/mol. The summed E-state index contributed by atoms with van der Waals surface area (Å²) in [5, 5.41) is 3.89. The molecule has 4 heteroatoms. The van der Waals surface area contributed by atoms with Crippen molar-refractivity contribution in [1.29, 1.82) is 0 Å². The zero-order valence-electron chi connectivity index (χ0n) is 21.7. The van der Waals surface area contributed by atoms with Gasteiger partial charge in [-0.1, -0.05) is 44.6 Å². The average molecular weight is 473 g/mol. The molecule has 0 radical (unpaired) electrons. The number of hydrogen-bond acceptors (Lipinski definition) is 4. The lowest BCUT2D eigenvalue weighted by Gasteiger charge is -2.62. The fourth-order valence-corrected chi connectivity index (χ4v) is 6.73. The van der Waals surface area contributed by atoms with Crippen LogP contribution < -0.4 is 10.2 Å². The van der Waals surface area contributed by atoms with Crippen molar-refractivity contribution in [3.8, 4) is 0 Å². The van der Waals surface area contributed by atoms with Crippen molar-refractivity contribution in [3.63, 3.8) is 0 Å². The van der Waals surface area contributed by atoms with E-state index in [1.54, 1.807) is 0 Å². The van der Waals surface area contributed by atoms with Gasteiger partial charge in [-0.05, 0) is 97.7 Å². The van der Waals surface area contributed by atoms with Crippen molar-refractivity contribution in [2.24, 2.45) is 23.2 Å². The minimum absolute atomic E-state index is 0.252.